The summed E-state index contributed by atoms with van der Waals surface area (Å²) in [6, 6.07) is 6.46. The van der Waals surface area contributed by atoms with E-state index in [1.165, 1.54) is 7.11 Å². The molecule has 0 bridgehead atoms. The lowest BCUT2D eigenvalue weighted by atomic mass is 10.1. The Morgan fingerprint density at radius 1 is 1.27 bits per heavy atom. The quantitative estimate of drug-likeness (QED) is 0.564. The van der Waals surface area contributed by atoms with Crippen molar-refractivity contribution in [3.05, 3.63) is 34.9 Å². The van der Waals surface area contributed by atoms with Crippen molar-refractivity contribution in [1.29, 1.82) is 0 Å². The lowest BCUT2D eigenvalue weighted by Gasteiger charge is -2.09. The fourth-order valence-corrected chi connectivity index (χ4v) is 1.86. The van der Waals surface area contributed by atoms with E-state index < -0.39 is 18.1 Å². The molecule has 1 amide bonds. The maximum Gasteiger partial charge on any atom is 0.407 e. The molecule has 122 valence electrons. The number of methoxy groups -OCH3 is 1. The summed E-state index contributed by atoms with van der Waals surface area (Å²) in [6.07, 6.45) is 1.47. The molecule has 1 atom stereocenters. The van der Waals surface area contributed by atoms with Gasteiger partial charge in [-0.15, -0.1) is 0 Å². The van der Waals surface area contributed by atoms with E-state index in [0.717, 1.165) is 5.56 Å². The van der Waals surface area contributed by atoms with Crippen LogP contribution in [0.3, 0.4) is 0 Å². The van der Waals surface area contributed by atoms with E-state index in [0.29, 0.717) is 30.8 Å². The van der Waals surface area contributed by atoms with E-state index in [4.69, 9.17) is 22.1 Å². The summed E-state index contributed by atoms with van der Waals surface area (Å²) in [6.45, 7) is 0.656. The summed E-state index contributed by atoms with van der Waals surface area (Å²) in [4.78, 5) is 22.6. The number of unbranched alkanes of at least 4 members (excludes halogenated alkanes) is 1. The highest BCUT2D eigenvalue weighted by atomic mass is 35.5. The summed E-state index contributed by atoms with van der Waals surface area (Å²) in [5, 5.41) is 3.27. The van der Waals surface area contributed by atoms with Crippen LogP contribution in [-0.2, 0) is 20.9 Å². The number of amides is 1. The molecule has 0 radical (unpaired) electrons. The first-order chi connectivity index (χ1) is 10.5. The molecule has 0 saturated heterocycles. The molecule has 0 aliphatic heterocycles. The molecule has 0 saturated carbocycles. The normalized spacial score (nSPS) is 11.6. The molecule has 22 heavy (non-hydrogen) atoms. The highest BCUT2D eigenvalue weighted by molar-refractivity contribution is 6.30. The van der Waals surface area contributed by atoms with Crippen LogP contribution in [0, 0.1) is 0 Å². The third-order valence-corrected chi connectivity index (χ3v) is 3.25. The van der Waals surface area contributed by atoms with Crippen LogP contribution in [0.1, 0.15) is 24.8 Å². The molecule has 3 N–H and O–H groups in total. The Morgan fingerprint density at radius 2 is 1.95 bits per heavy atom. The van der Waals surface area contributed by atoms with E-state index >= 15 is 0 Å². The van der Waals surface area contributed by atoms with Crippen molar-refractivity contribution in [2.75, 3.05) is 13.7 Å². The van der Waals surface area contributed by atoms with Gasteiger partial charge in [-0.25, -0.2) is 4.79 Å². The molecule has 0 spiro atoms. The number of carbonyl (C=O) groups excluding carboxylic acids is 2. The minimum atomic E-state index is -0.609. The number of hydrogen-bond donors (Lipinski definition) is 2. The molecule has 0 fully saturated rings. The molecule has 0 aliphatic carbocycles. The first-order valence-corrected chi connectivity index (χ1v) is 7.39. The molecule has 0 unspecified atom stereocenters. The van der Waals surface area contributed by atoms with E-state index in [9.17, 15) is 9.59 Å². The number of halogens is 1. The summed E-state index contributed by atoms with van der Waals surface area (Å²) in [5.41, 5.74) is 6.46. The topological polar surface area (TPSA) is 90.6 Å². The van der Waals surface area contributed by atoms with Crippen LogP contribution in [0.2, 0.25) is 5.02 Å². The Balaban J connectivity index is 2.08. The Bertz CT molecular complexity index is 479. The molecule has 7 heteroatoms. The minimum absolute atomic E-state index is 0.191. The van der Waals surface area contributed by atoms with Gasteiger partial charge in [-0.05, 0) is 37.0 Å². The van der Waals surface area contributed by atoms with Gasteiger partial charge in [0.15, 0.2) is 0 Å². The first kappa shape index (κ1) is 18.3. The number of nitrogens with two attached hydrogens (primary N) is 1. The summed E-state index contributed by atoms with van der Waals surface area (Å²) in [7, 11) is 1.31. The first-order valence-electron chi connectivity index (χ1n) is 7.01. The van der Waals surface area contributed by atoms with Crippen LogP contribution >= 0.6 is 11.6 Å². The minimum Gasteiger partial charge on any atom is -0.468 e. The van der Waals surface area contributed by atoms with Gasteiger partial charge >= 0.3 is 12.1 Å². The van der Waals surface area contributed by atoms with Crippen LogP contribution < -0.4 is 11.1 Å². The number of esters is 1. The third-order valence-electron chi connectivity index (χ3n) is 3.00. The number of rotatable bonds is 8. The molecule has 1 aromatic rings. The number of nitrogens with one attached hydrogen (secondary N) is 1. The van der Waals surface area contributed by atoms with Gasteiger partial charge < -0.3 is 20.5 Å². The zero-order valence-corrected chi connectivity index (χ0v) is 13.3. The average molecular weight is 329 g/mol. The van der Waals surface area contributed by atoms with Gasteiger partial charge in [0.25, 0.3) is 0 Å². The van der Waals surface area contributed by atoms with Crippen LogP contribution in [0.25, 0.3) is 0 Å². The van der Waals surface area contributed by atoms with Crippen LogP contribution in [0.5, 0.6) is 0 Å². The van der Waals surface area contributed by atoms with Gasteiger partial charge in [0, 0.05) is 11.6 Å². The second kappa shape index (κ2) is 10.0. The van der Waals surface area contributed by atoms with E-state index in [-0.39, 0.29) is 6.61 Å². The van der Waals surface area contributed by atoms with Crippen molar-refractivity contribution < 1.29 is 19.1 Å². The largest absolute Gasteiger partial charge is 0.468 e. The molecule has 0 aliphatic rings. The Hall–Kier alpha value is -1.79. The second-order valence-corrected chi connectivity index (χ2v) is 5.19. The van der Waals surface area contributed by atoms with Crippen molar-refractivity contribution in [2.45, 2.75) is 31.9 Å². The fraction of sp³-hybridized carbons (Fsp3) is 0.467. The van der Waals surface area contributed by atoms with Crippen LogP contribution in [0.15, 0.2) is 24.3 Å². The Kier molecular flexibility index (Phi) is 8.32. The Morgan fingerprint density at radius 3 is 2.59 bits per heavy atom. The SMILES string of the molecule is COC(=O)[C@@H](N)CCCCNC(=O)OCc1ccc(Cl)cc1. The number of hydrogen-bond acceptors (Lipinski definition) is 5. The van der Waals surface area contributed by atoms with Crippen LogP contribution in [0.4, 0.5) is 4.79 Å². The van der Waals surface area contributed by atoms with E-state index in [1.54, 1.807) is 24.3 Å². The second-order valence-electron chi connectivity index (χ2n) is 4.75. The van der Waals surface area contributed by atoms with E-state index in [1.807, 2.05) is 0 Å². The molecule has 1 rings (SSSR count). The van der Waals surface area contributed by atoms with Crippen molar-refractivity contribution in [2.24, 2.45) is 5.73 Å². The molecule has 0 heterocycles. The fourth-order valence-electron chi connectivity index (χ4n) is 1.73. The van der Waals surface area contributed by atoms with Crippen molar-refractivity contribution in [1.82, 2.24) is 5.32 Å². The standard InChI is InChI=1S/C15H21ClN2O4/c1-21-14(19)13(17)4-2-3-9-18-15(20)22-10-11-5-7-12(16)8-6-11/h5-8,13H,2-4,9-10,17H2,1H3,(H,18,20)/t13-/m0/s1. The lowest BCUT2D eigenvalue weighted by molar-refractivity contribution is -0.142. The molecular formula is C15H21ClN2O4. The van der Waals surface area contributed by atoms with Gasteiger partial charge in [-0.3, -0.25) is 4.79 Å². The molecule has 6 nitrogen and oxygen atoms in total. The van der Waals surface area contributed by atoms with Crippen molar-refractivity contribution in [3.8, 4) is 0 Å². The highest BCUT2D eigenvalue weighted by Gasteiger charge is 2.12. The molecule has 1 aromatic carbocycles. The predicted molar refractivity (Wildman–Crippen MR) is 83.5 cm³/mol. The summed E-state index contributed by atoms with van der Waals surface area (Å²) >= 11 is 5.77. The average Bonchev–Trinajstić information content (AvgIpc) is 2.53. The summed E-state index contributed by atoms with van der Waals surface area (Å²) < 4.78 is 9.59. The van der Waals surface area contributed by atoms with Crippen molar-refractivity contribution >= 4 is 23.7 Å². The maximum atomic E-state index is 11.5. The van der Waals surface area contributed by atoms with Gasteiger partial charge in [0.05, 0.1) is 7.11 Å². The monoisotopic (exact) mass is 328 g/mol. The zero-order valence-electron chi connectivity index (χ0n) is 12.5. The van der Waals surface area contributed by atoms with Gasteiger partial charge in [-0.2, -0.15) is 0 Å². The molecular weight excluding hydrogens is 308 g/mol. The number of ether oxygens (including phenoxy) is 2. The number of benzene rings is 1. The number of alkyl carbamates (subject to hydrolysis) is 1. The van der Waals surface area contributed by atoms with Crippen molar-refractivity contribution in [3.63, 3.8) is 0 Å². The van der Waals surface area contributed by atoms with Gasteiger partial charge in [0.2, 0.25) is 0 Å². The van der Waals surface area contributed by atoms with Gasteiger partial charge in [0.1, 0.15) is 12.6 Å². The predicted octanol–water partition coefficient (Wildman–Crippen LogP) is 2.24. The highest BCUT2D eigenvalue weighted by Crippen LogP contribution is 2.10. The third kappa shape index (κ3) is 7.28. The van der Waals surface area contributed by atoms with Crippen LogP contribution in [-0.4, -0.2) is 31.8 Å². The maximum absolute atomic E-state index is 11.5. The summed E-state index contributed by atoms with van der Waals surface area (Å²) in [5.74, 6) is -0.421. The Labute approximate surface area is 134 Å². The van der Waals surface area contributed by atoms with E-state index in [2.05, 4.69) is 10.1 Å². The van der Waals surface area contributed by atoms with Gasteiger partial charge in [-0.1, -0.05) is 23.7 Å². The lowest BCUT2D eigenvalue weighted by Crippen LogP contribution is -2.31. The number of carbonyl (C=O) groups is 2. The smallest absolute Gasteiger partial charge is 0.407 e. The zero-order chi connectivity index (χ0) is 16.4. The molecule has 0 aromatic heterocycles.